The quantitative estimate of drug-likeness (QED) is 0.294. The van der Waals surface area contributed by atoms with Crippen LogP contribution in [-0.4, -0.2) is 37.3 Å². The van der Waals surface area contributed by atoms with Gasteiger partial charge in [-0.1, -0.05) is 48.2 Å². The maximum atomic E-state index is 12.6. The van der Waals surface area contributed by atoms with Crippen molar-refractivity contribution in [2.24, 2.45) is 5.73 Å². The number of rotatable bonds is 7. The van der Waals surface area contributed by atoms with Crippen molar-refractivity contribution >= 4 is 40.2 Å². The molecule has 0 aliphatic heterocycles. The maximum absolute atomic E-state index is 12.6. The predicted octanol–water partition coefficient (Wildman–Crippen LogP) is 4.55. The molecule has 3 aromatic carbocycles. The summed E-state index contributed by atoms with van der Waals surface area (Å²) in [7, 11) is 0. The number of primary amides is 1. The summed E-state index contributed by atoms with van der Waals surface area (Å²) in [6.07, 6.45) is 1.93. The molecule has 2 aromatic heterocycles. The van der Waals surface area contributed by atoms with Gasteiger partial charge < -0.3 is 16.0 Å². The van der Waals surface area contributed by atoms with Crippen molar-refractivity contribution < 1.29 is 9.59 Å². The fraction of sp³-hybridized carbons (Fsp3) is 0.0769. The second kappa shape index (κ2) is 9.47. The molecule has 0 spiro atoms. The average molecular weight is 483 g/mol. The molecule has 2 amide bonds. The van der Waals surface area contributed by atoms with Crippen LogP contribution >= 0.6 is 11.8 Å². The van der Waals surface area contributed by atoms with Gasteiger partial charge in [0, 0.05) is 33.9 Å². The number of para-hydroxylation sites is 2. The summed E-state index contributed by atoms with van der Waals surface area (Å²) < 4.78 is 1.99. The van der Waals surface area contributed by atoms with Gasteiger partial charge in [0.1, 0.15) is 0 Å². The molecule has 2 heterocycles. The third-order valence-electron chi connectivity index (χ3n) is 5.61. The van der Waals surface area contributed by atoms with Gasteiger partial charge in [0.05, 0.1) is 11.4 Å². The SMILES string of the molecule is Cc1ccccc1-n1c(SCC(=O)Nc2ccc(C(N)=O)cc2)nnc1-c1c[nH]c2ccccc12. The number of amides is 2. The molecule has 4 N–H and O–H groups in total. The topological polar surface area (TPSA) is 119 Å². The Bertz CT molecular complexity index is 1540. The van der Waals surface area contributed by atoms with E-state index in [9.17, 15) is 9.59 Å². The smallest absolute Gasteiger partial charge is 0.248 e. The van der Waals surface area contributed by atoms with Gasteiger partial charge in [0.25, 0.3) is 0 Å². The monoisotopic (exact) mass is 482 g/mol. The number of hydrogen-bond donors (Lipinski definition) is 3. The molecular weight excluding hydrogens is 460 g/mol. The zero-order valence-corrected chi connectivity index (χ0v) is 19.7. The molecule has 0 aliphatic carbocycles. The van der Waals surface area contributed by atoms with E-state index in [2.05, 4.69) is 20.5 Å². The lowest BCUT2D eigenvalue weighted by Gasteiger charge is -2.12. The van der Waals surface area contributed by atoms with Gasteiger partial charge in [-0.2, -0.15) is 0 Å². The predicted molar refractivity (Wildman–Crippen MR) is 138 cm³/mol. The third kappa shape index (κ3) is 4.53. The van der Waals surface area contributed by atoms with Gasteiger partial charge in [-0.05, 0) is 48.9 Å². The van der Waals surface area contributed by atoms with Gasteiger partial charge in [-0.3, -0.25) is 14.2 Å². The van der Waals surface area contributed by atoms with E-state index in [4.69, 9.17) is 5.73 Å². The largest absolute Gasteiger partial charge is 0.366 e. The van der Waals surface area contributed by atoms with Crippen LogP contribution in [0.2, 0.25) is 0 Å². The summed E-state index contributed by atoms with van der Waals surface area (Å²) in [5, 5.41) is 13.4. The number of carbonyl (C=O) groups excluding carboxylic acids is 2. The van der Waals surface area contributed by atoms with Crippen molar-refractivity contribution in [1.29, 1.82) is 0 Å². The van der Waals surface area contributed by atoms with E-state index in [-0.39, 0.29) is 11.7 Å². The van der Waals surface area contributed by atoms with E-state index in [0.717, 1.165) is 27.7 Å². The number of hydrogen-bond acceptors (Lipinski definition) is 5. The summed E-state index contributed by atoms with van der Waals surface area (Å²) in [5.74, 6) is 0.117. The zero-order valence-electron chi connectivity index (χ0n) is 18.9. The first-order chi connectivity index (χ1) is 17.0. The second-order valence-electron chi connectivity index (χ2n) is 7.95. The van der Waals surface area contributed by atoms with Gasteiger partial charge >= 0.3 is 0 Å². The Balaban J connectivity index is 1.44. The number of aromatic nitrogens is 4. The van der Waals surface area contributed by atoms with Gasteiger partial charge in [0.2, 0.25) is 11.8 Å². The molecule has 35 heavy (non-hydrogen) atoms. The lowest BCUT2D eigenvalue weighted by atomic mass is 10.1. The van der Waals surface area contributed by atoms with Crippen LogP contribution in [-0.2, 0) is 4.79 Å². The number of benzene rings is 3. The molecule has 0 saturated heterocycles. The Morgan fingerprint density at radius 3 is 2.51 bits per heavy atom. The van der Waals surface area contributed by atoms with Gasteiger partial charge in [-0.15, -0.1) is 10.2 Å². The van der Waals surface area contributed by atoms with E-state index in [1.54, 1.807) is 24.3 Å². The number of nitrogens with one attached hydrogen (secondary N) is 2. The summed E-state index contributed by atoms with van der Waals surface area (Å²) in [6.45, 7) is 2.03. The number of anilines is 1. The minimum atomic E-state index is -0.514. The van der Waals surface area contributed by atoms with Crippen molar-refractivity contribution in [1.82, 2.24) is 19.7 Å². The zero-order chi connectivity index (χ0) is 24.4. The summed E-state index contributed by atoms with van der Waals surface area (Å²) >= 11 is 1.30. The van der Waals surface area contributed by atoms with Gasteiger partial charge in [-0.25, -0.2) is 0 Å². The van der Waals surface area contributed by atoms with Crippen LogP contribution in [0.1, 0.15) is 15.9 Å². The van der Waals surface area contributed by atoms with Crippen molar-refractivity contribution in [3.05, 3.63) is 90.1 Å². The summed E-state index contributed by atoms with van der Waals surface area (Å²) in [6, 6.07) is 22.5. The molecule has 174 valence electrons. The number of fused-ring (bicyclic) bond motifs is 1. The average Bonchev–Trinajstić information content (AvgIpc) is 3.47. The van der Waals surface area contributed by atoms with Crippen LogP contribution in [0.25, 0.3) is 28.0 Å². The lowest BCUT2D eigenvalue weighted by Crippen LogP contribution is -2.15. The third-order valence-corrected chi connectivity index (χ3v) is 6.53. The van der Waals surface area contributed by atoms with E-state index in [0.29, 0.717) is 22.2 Å². The molecule has 9 heteroatoms. The first kappa shape index (κ1) is 22.4. The van der Waals surface area contributed by atoms with Crippen LogP contribution < -0.4 is 11.1 Å². The van der Waals surface area contributed by atoms with Crippen LogP contribution in [0.5, 0.6) is 0 Å². The highest BCUT2D eigenvalue weighted by Crippen LogP contribution is 2.33. The Kier molecular flexibility index (Phi) is 6.07. The van der Waals surface area contributed by atoms with Crippen molar-refractivity contribution in [2.45, 2.75) is 12.1 Å². The summed E-state index contributed by atoms with van der Waals surface area (Å²) in [4.78, 5) is 27.2. The molecule has 5 rings (SSSR count). The number of nitrogens with two attached hydrogens (primary N) is 1. The number of thioether (sulfide) groups is 1. The molecule has 0 radical (unpaired) electrons. The van der Waals surface area contributed by atoms with Crippen molar-refractivity contribution in [3.63, 3.8) is 0 Å². The number of nitrogens with zero attached hydrogens (tertiary/aromatic N) is 3. The van der Waals surface area contributed by atoms with Crippen molar-refractivity contribution in [3.8, 4) is 17.1 Å². The molecule has 0 saturated carbocycles. The summed E-state index contributed by atoms with van der Waals surface area (Å²) in [5.41, 5.74) is 10.2. The van der Waals surface area contributed by atoms with E-state index in [1.165, 1.54) is 11.8 Å². The molecule has 0 atom stereocenters. The fourth-order valence-electron chi connectivity index (χ4n) is 3.87. The molecule has 0 aliphatic rings. The Morgan fingerprint density at radius 2 is 1.74 bits per heavy atom. The first-order valence-corrected chi connectivity index (χ1v) is 11.9. The molecule has 8 nitrogen and oxygen atoms in total. The van der Waals surface area contributed by atoms with Crippen molar-refractivity contribution in [2.75, 3.05) is 11.1 Å². The Labute approximate surface area is 205 Å². The number of aryl methyl sites for hydroxylation is 1. The van der Waals surface area contributed by atoms with Crippen LogP contribution in [0.15, 0.2) is 84.1 Å². The van der Waals surface area contributed by atoms with E-state index in [1.807, 2.05) is 66.2 Å². The first-order valence-electron chi connectivity index (χ1n) is 10.9. The molecule has 0 bridgehead atoms. The molecule has 0 unspecified atom stereocenters. The Hall–Kier alpha value is -4.37. The normalized spacial score (nSPS) is 11.0. The Morgan fingerprint density at radius 1 is 1.00 bits per heavy atom. The number of H-pyrrole nitrogens is 1. The second-order valence-corrected chi connectivity index (χ2v) is 8.90. The van der Waals surface area contributed by atoms with E-state index < -0.39 is 5.91 Å². The number of carbonyl (C=O) groups is 2. The molecule has 5 aromatic rings. The van der Waals surface area contributed by atoms with Crippen LogP contribution in [0, 0.1) is 6.92 Å². The molecule has 0 fully saturated rings. The van der Waals surface area contributed by atoms with Crippen LogP contribution in [0.4, 0.5) is 5.69 Å². The van der Waals surface area contributed by atoms with Gasteiger partial charge in [0.15, 0.2) is 11.0 Å². The maximum Gasteiger partial charge on any atom is 0.248 e. The molecular formula is C26H22N6O2S. The number of aromatic amines is 1. The highest BCUT2D eigenvalue weighted by molar-refractivity contribution is 7.99. The lowest BCUT2D eigenvalue weighted by molar-refractivity contribution is -0.113. The fourth-order valence-corrected chi connectivity index (χ4v) is 4.62. The standard InChI is InChI=1S/C26H22N6O2S/c1-16-6-2-5-9-22(16)32-25(20-14-28-21-8-4-3-7-19(20)21)30-31-26(32)35-15-23(33)29-18-12-10-17(11-13-18)24(27)34/h2-14,28H,15H2,1H3,(H2,27,34)(H,29,33). The van der Waals surface area contributed by atoms with Crippen LogP contribution in [0.3, 0.4) is 0 Å². The highest BCUT2D eigenvalue weighted by atomic mass is 32.2. The van der Waals surface area contributed by atoms with E-state index >= 15 is 0 Å². The minimum Gasteiger partial charge on any atom is -0.366 e. The highest BCUT2D eigenvalue weighted by Gasteiger charge is 2.20. The minimum absolute atomic E-state index is 0.134.